The topological polar surface area (TPSA) is 83.0 Å². The fraction of sp³-hybridized carbons (Fsp3) is 0.364. The van der Waals surface area contributed by atoms with Gasteiger partial charge in [-0.2, -0.15) is 0 Å². The molecule has 0 bridgehead atoms. The van der Waals surface area contributed by atoms with Crippen LogP contribution in [0, 0.1) is 0 Å². The Morgan fingerprint density at radius 1 is 1.03 bits per heavy atom. The number of sulfonamides is 1. The van der Waals surface area contributed by atoms with Crippen molar-refractivity contribution in [2.45, 2.75) is 11.3 Å². The molecule has 0 atom stereocenters. The number of anilines is 1. The average Bonchev–Trinajstić information content (AvgIpc) is 3.18. The van der Waals surface area contributed by atoms with Crippen LogP contribution in [0.1, 0.15) is 16.8 Å². The normalized spacial score (nSPS) is 11.6. The molecule has 0 spiro atoms. The SMILES string of the molecule is COc1ccc2sc(N(CCCN(C)C)C(=O)c3ccc(S(=O)(=O)N(C)C)cc3)nc2c1.Cl. The summed E-state index contributed by atoms with van der Waals surface area (Å²) in [7, 11) is 4.97. The van der Waals surface area contributed by atoms with E-state index in [1.54, 1.807) is 24.1 Å². The Kier molecular flexibility index (Phi) is 9.21. The molecule has 1 aromatic heterocycles. The number of fused-ring (bicyclic) bond motifs is 1. The number of aromatic nitrogens is 1. The van der Waals surface area contributed by atoms with E-state index in [-0.39, 0.29) is 23.2 Å². The number of halogens is 1. The van der Waals surface area contributed by atoms with Crippen LogP contribution in [0.15, 0.2) is 47.4 Å². The van der Waals surface area contributed by atoms with Crippen molar-refractivity contribution in [2.24, 2.45) is 0 Å². The lowest BCUT2D eigenvalue weighted by molar-refractivity contribution is 0.0986. The van der Waals surface area contributed by atoms with E-state index in [1.165, 1.54) is 37.6 Å². The van der Waals surface area contributed by atoms with Gasteiger partial charge >= 0.3 is 0 Å². The Morgan fingerprint density at radius 3 is 2.27 bits per heavy atom. The van der Waals surface area contributed by atoms with Crippen LogP contribution in [0.5, 0.6) is 5.75 Å². The number of benzene rings is 2. The van der Waals surface area contributed by atoms with Crippen molar-refractivity contribution in [3.8, 4) is 5.75 Å². The van der Waals surface area contributed by atoms with Crippen molar-refractivity contribution in [3.05, 3.63) is 48.0 Å². The summed E-state index contributed by atoms with van der Waals surface area (Å²) in [5, 5.41) is 0.599. The molecule has 0 radical (unpaired) electrons. The van der Waals surface area contributed by atoms with Gasteiger partial charge < -0.3 is 9.64 Å². The van der Waals surface area contributed by atoms with Crippen LogP contribution >= 0.6 is 23.7 Å². The Labute approximate surface area is 205 Å². The first-order valence-corrected chi connectivity index (χ1v) is 12.3. The summed E-state index contributed by atoms with van der Waals surface area (Å²) in [6, 6.07) is 11.7. The van der Waals surface area contributed by atoms with Gasteiger partial charge in [0.2, 0.25) is 10.0 Å². The van der Waals surface area contributed by atoms with Crippen LogP contribution in [0.3, 0.4) is 0 Å². The third-order valence-electron chi connectivity index (χ3n) is 4.93. The van der Waals surface area contributed by atoms with Crippen LogP contribution in [-0.4, -0.2) is 76.9 Å². The van der Waals surface area contributed by atoms with Crippen molar-refractivity contribution >= 4 is 55.0 Å². The lowest BCUT2D eigenvalue weighted by atomic mass is 10.2. The van der Waals surface area contributed by atoms with E-state index in [1.807, 2.05) is 32.3 Å². The van der Waals surface area contributed by atoms with E-state index < -0.39 is 10.0 Å². The minimum atomic E-state index is -3.56. The number of rotatable bonds is 9. The molecule has 0 saturated heterocycles. The maximum atomic E-state index is 13.4. The molecule has 0 aliphatic carbocycles. The van der Waals surface area contributed by atoms with E-state index in [0.29, 0.717) is 23.0 Å². The third kappa shape index (κ3) is 6.21. The summed E-state index contributed by atoms with van der Waals surface area (Å²) in [6.07, 6.45) is 0.769. The first kappa shape index (κ1) is 27.0. The number of ether oxygens (including phenoxy) is 1. The molecular formula is C22H29ClN4O4S2. The number of hydrogen-bond donors (Lipinski definition) is 0. The van der Waals surface area contributed by atoms with Gasteiger partial charge in [0.25, 0.3) is 5.91 Å². The predicted molar refractivity (Wildman–Crippen MR) is 136 cm³/mol. The van der Waals surface area contributed by atoms with E-state index >= 15 is 0 Å². The highest BCUT2D eigenvalue weighted by atomic mass is 35.5. The Balaban J connectivity index is 0.00000385. The van der Waals surface area contributed by atoms with Crippen molar-refractivity contribution in [2.75, 3.05) is 53.3 Å². The second kappa shape index (κ2) is 11.3. The van der Waals surface area contributed by atoms with Crippen LogP contribution in [-0.2, 0) is 10.0 Å². The minimum Gasteiger partial charge on any atom is -0.497 e. The molecular weight excluding hydrogens is 484 g/mol. The quantitative estimate of drug-likeness (QED) is 0.436. The van der Waals surface area contributed by atoms with Crippen LogP contribution in [0.4, 0.5) is 5.13 Å². The molecule has 0 aliphatic heterocycles. The minimum absolute atomic E-state index is 0. The Bertz CT molecular complexity index is 1190. The van der Waals surface area contributed by atoms with Gasteiger partial charge in [-0.3, -0.25) is 9.69 Å². The Hall–Kier alpha value is -2.24. The van der Waals surface area contributed by atoms with Crippen molar-refractivity contribution in [3.63, 3.8) is 0 Å². The largest absolute Gasteiger partial charge is 0.497 e. The van der Waals surface area contributed by atoms with E-state index in [0.717, 1.165) is 27.5 Å². The van der Waals surface area contributed by atoms with Crippen LogP contribution < -0.4 is 9.64 Å². The Morgan fingerprint density at radius 2 is 1.70 bits per heavy atom. The number of carbonyl (C=O) groups is 1. The van der Waals surface area contributed by atoms with Gasteiger partial charge in [-0.25, -0.2) is 17.7 Å². The fourth-order valence-electron chi connectivity index (χ4n) is 3.10. The first-order valence-electron chi connectivity index (χ1n) is 10.1. The molecule has 0 fully saturated rings. The maximum absolute atomic E-state index is 13.4. The lowest BCUT2D eigenvalue weighted by Crippen LogP contribution is -2.33. The third-order valence-corrected chi connectivity index (χ3v) is 7.82. The molecule has 0 N–H and O–H groups in total. The number of hydrogen-bond acceptors (Lipinski definition) is 7. The maximum Gasteiger partial charge on any atom is 0.260 e. The molecule has 0 unspecified atom stereocenters. The van der Waals surface area contributed by atoms with E-state index in [2.05, 4.69) is 9.88 Å². The molecule has 3 aromatic rings. The van der Waals surface area contributed by atoms with Gasteiger partial charge in [0, 0.05) is 32.3 Å². The summed E-state index contributed by atoms with van der Waals surface area (Å²) in [5.41, 5.74) is 1.17. The molecule has 11 heteroatoms. The van der Waals surface area contributed by atoms with Crippen molar-refractivity contribution < 1.29 is 17.9 Å². The van der Waals surface area contributed by atoms with Crippen LogP contribution in [0.25, 0.3) is 10.2 Å². The van der Waals surface area contributed by atoms with Crippen LogP contribution in [0.2, 0.25) is 0 Å². The second-order valence-electron chi connectivity index (χ2n) is 7.76. The lowest BCUT2D eigenvalue weighted by Gasteiger charge is -2.21. The molecule has 0 aliphatic rings. The zero-order valence-electron chi connectivity index (χ0n) is 19.3. The standard InChI is InChI=1S/C22H28N4O4S2.ClH/c1-24(2)13-6-14-26(22-23-19-15-17(30-5)9-12-20(19)31-22)21(27)16-7-10-18(11-8-16)32(28,29)25(3)4;/h7-12,15H,6,13-14H2,1-5H3;1H. The predicted octanol–water partition coefficient (Wildman–Crippen LogP) is 3.58. The second-order valence-corrected chi connectivity index (χ2v) is 10.9. The first-order chi connectivity index (χ1) is 15.1. The summed E-state index contributed by atoms with van der Waals surface area (Å²) < 4.78 is 32.0. The molecule has 180 valence electrons. The molecule has 33 heavy (non-hydrogen) atoms. The summed E-state index contributed by atoms with van der Waals surface area (Å²) in [6.45, 7) is 1.31. The molecule has 8 nitrogen and oxygen atoms in total. The number of nitrogens with zero attached hydrogens (tertiary/aromatic N) is 4. The molecule has 3 rings (SSSR count). The highest BCUT2D eigenvalue weighted by molar-refractivity contribution is 7.89. The number of thiazole rings is 1. The average molecular weight is 513 g/mol. The summed E-state index contributed by atoms with van der Waals surface area (Å²) >= 11 is 1.44. The summed E-state index contributed by atoms with van der Waals surface area (Å²) in [4.78, 5) is 22.0. The highest BCUT2D eigenvalue weighted by Crippen LogP contribution is 2.32. The van der Waals surface area contributed by atoms with Crippen molar-refractivity contribution in [1.29, 1.82) is 0 Å². The van der Waals surface area contributed by atoms with Gasteiger partial charge in [0.15, 0.2) is 5.13 Å². The van der Waals surface area contributed by atoms with E-state index in [9.17, 15) is 13.2 Å². The number of methoxy groups -OCH3 is 1. The molecule has 1 heterocycles. The van der Waals surface area contributed by atoms with E-state index in [4.69, 9.17) is 4.74 Å². The van der Waals surface area contributed by atoms with Crippen molar-refractivity contribution in [1.82, 2.24) is 14.2 Å². The molecule has 1 amide bonds. The zero-order chi connectivity index (χ0) is 23.5. The van der Waals surface area contributed by atoms with Gasteiger partial charge in [-0.05, 0) is 63.5 Å². The smallest absolute Gasteiger partial charge is 0.260 e. The van der Waals surface area contributed by atoms with Gasteiger partial charge in [0.1, 0.15) is 5.75 Å². The van der Waals surface area contributed by atoms with Gasteiger partial charge in [-0.1, -0.05) is 11.3 Å². The molecule has 2 aromatic carbocycles. The summed E-state index contributed by atoms with van der Waals surface area (Å²) in [5.74, 6) is 0.487. The number of amides is 1. The van der Waals surface area contributed by atoms with Gasteiger partial charge in [0.05, 0.1) is 22.2 Å². The molecule has 0 saturated carbocycles. The number of carbonyl (C=O) groups excluding carboxylic acids is 1. The monoisotopic (exact) mass is 512 g/mol. The van der Waals surface area contributed by atoms with Gasteiger partial charge in [-0.15, -0.1) is 12.4 Å². The highest BCUT2D eigenvalue weighted by Gasteiger charge is 2.23. The zero-order valence-corrected chi connectivity index (χ0v) is 21.8. The fourth-order valence-corrected chi connectivity index (χ4v) is 4.97.